The quantitative estimate of drug-likeness (QED) is 0.0290. The molecule has 0 heterocycles. The van der Waals surface area contributed by atoms with Crippen LogP contribution in [0.15, 0.2) is 54.6 Å². The van der Waals surface area contributed by atoms with E-state index < -0.39 is 65.7 Å². The van der Waals surface area contributed by atoms with Crippen LogP contribution in [-0.2, 0) is 41.6 Å². The van der Waals surface area contributed by atoms with Crippen LogP contribution in [0.4, 0.5) is 0 Å². The van der Waals surface area contributed by atoms with Crippen molar-refractivity contribution in [3.05, 3.63) is 65.7 Å². The molecular formula is C32H45N9O8S. The number of phenolic OH excluding ortho intramolecular Hbond substituents is 1. The highest BCUT2D eigenvalue weighted by Crippen LogP contribution is 2.13. The molecule has 50 heavy (non-hydrogen) atoms. The number of hydrogen-bond acceptors (Lipinski definition) is 10. The van der Waals surface area contributed by atoms with Crippen LogP contribution in [0.2, 0.25) is 0 Å². The first-order valence-corrected chi connectivity index (χ1v) is 16.3. The van der Waals surface area contributed by atoms with Crippen LogP contribution in [-0.4, -0.2) is 94.2 Å². The lowest BCUT2D eigenvalue weighted by atomic mass is 10.0. The zero-order valence-corrected chi connectivity index (χ0v) is 28.2. The average molecular weight is 716 g/mol. The van der Waals surface area contributed by atoms with E-state index in [0.717, 1.165) is 5.56 Å². The van der Waals surface area contributed by atoms with Gasteiger partial charge in [0, 0.05) is 25.1 Å². The third-order valence-electron chi connectivity index (χ3n) is 7.37. The number of aliphatic carboxylic acids is 1. The number of carbonyl (C=O) groups is 6. The van der Waals surface area contributed by atoms with Gasteiger partial charge in [-0.1, -0.05) is 42.5 Å². The highest BCUT2D eigenvalue weighted by molar-refractivity contribution is 7.80. The molecule has 5 atom stereocenters. The second-order valence-electron chi connectivity index (χ2n) is 11.4. The molecule has 0 fully saturated rings. The molecule has 0 aliphatic carbocycles. The molecule has 272 valence electrons. The van der Waals surface area contributed by atoms with E-state index in [2.05, 4.69) is 39.2 Å². The summed E-state index contributed by atoms with van der Waals surface area (Å²) in [5, 5.41) is 39.0. The van der Waals surface area contributed by atoms with E-state index in [4.69, 9.17) is 22.6 Å². The van der Waals surface area contributed by atoms with Gasteiger partial charge in [0.05, 0.1) is 6.04 Å². The van der Waals surface area contributed by atoms with E-state index in [1.807, 2.05) is 6.07 Å². The predicted octanol–water partition coefficient (Wildman–Crippen LogP) is -2.01. The molecular weight excluding hydrogens is 670 g/mol. The lowest BCUT2D eigenvalue weighted by Gasteiger charge is -2.26. The summed E-state index contributed by atoms with van der Waals surface area (Å²) in [4.78, 5) is 76.7. The number of rotatable bonds is 21. The Morgan fingerprint density at radius 1 is 0.720 bits per heavy atom. The van der Waals surface area contributed by atoms with Gasteiger partial charge < -0.3 is 54.0 Å². The van der Waals surface area contributed by atoms with Crippen molar-refractivity contribution < 1.29 is 39.0 Å². The summed E-state index contributed by atoms with van der Waals surface area (Å²) in [7, 11) is 0. The molecule has 0 aromatic heterocycles. The summed E-state index contributed by atoms with van der Waals surface area (Å²) in [6.45, 7) is 0.197. The highest BCUT2D eigenvalue weighted by Gasteiger charge is 2.32. The van der Waals surface area contributed by atoms with Crippen LogP contribution in [0.5, 0.6) is 5.75 Å². The van der Waals surface area contributed by atoms with Gasteiger partial charge in [-0.15, -0.1) is 0 Å². The predicted molar refractivity (Wildman–Crippen MR) is 187 cm³/mol. The largest absolute Gasteiger partial charge is 0.508 e. The van der Waals surface area contributed by atoms with Gasteiger partial charge in [0.25, 0.3) is 0 Å². The Morgan fingerprint density at radius 3 is 1.80 bits per heavy atom. The molecule has 17 nitrogen and oxygen atoms in total. The van der Waals surface area contributed by atoms with Crippen LogP contribution in [0.3, 0.4) is 0 Å². The molecule has 5 amide bonds. The number of carboxylic acid groups (broad SMARTS) is 1. The summed E-state index contributed by atoms with van der Waals surface area (Å²) in [5.74, 6) is -5.96. The zero-order chi connectivity index (χ0) is 37.2. The fourth-order valence-corrected chi connectivity index (χ4v) is 4.92. The molecule has 18 heteroatoms. The van der Waals surface area contributed by atoms with Crippen molar-refractivity contribution in [2.75, 3.05) is 12.3 Å². The fraction of sp³-hybridized carbons (Fsp3) is 0.406. The third-order valence-corrected chi connectivity index (χ3v) is 7.74. The number of hydrogen-bond donors (Lipinski definition) is 12. The molecule has 5 unspecified atom stereocenters. The van der Waals surface area contributed by atoms with E-state index in [1.54, 1.807) is 24.3 Å². The number of carboxylic acids is 1. The number of aromatic hydroxyl groups is 1. The van der Waals surface area contributed by atoms with Crippen molar-refractivity contribution in [3.8, 4) is 5.75 Å². The van der Waals surface area contributed by atoms with Crippen molar-refractivity contribution in [1.82, 2.24) is 26.6 Å². The minimum absolute atomic E-state index is 0.0482. The normalized spacial score (nSPS) is 13.7. The Kier molecular flexibility index (Phi) is 17.0. The van der Waals surface area contributed by atoms with Gasteiger partial charge in [0.1, 0.15) is 29.9 Å². The summed E-state index contributed by atoms with van der Waals surface area (Å²) >= 11 is 3.93. The van der Waals surface area contributed by atoms with Crippen molar-refractivity contribution in [2.24, 2.45) is 17.2 Å². The molecule has 2 aromatic carbocycles. The van der Waals surface area contributed by atoms with Crippen molar-refractivity contribution in [1.29, 1.82) is 5.41 Å². The molecule has 2 rings (SSSR count). The van der Waals surface area contributed by atoms with Gasteiger partial charge in [-0.05, 0) is 48.9 Å². The molecule has 0 saturated heterocycles. The average Bonchev–Trinajstić information content (AvgIpc) is 3.07. The van der Waals surface area contributed by atoms with Gasteiger partial charge in [0.2, 0.25) is 29.5 Å². The minimum atomic E-state index is -1.43. The van der Waals surface area contributed by atoms with Gasteiger partial charge in [-0.3, -0.25) is 29.4 Å². The van der Waals surface area contributed by atoms with Crippen molar-refractivity contribution >= 4 is 54.1 Å². The third kappa shape index (κ3) is 14.8. The molecule has 0 bridgehead atoms. The zero-order valence-electron chi connectivity index (χ0n) is 27.3. The van der Waals surface area contributed by atoms with Crippen molar-refractivity contribution in [2.45, 2.75) is 68.7 Å². The maximum absolute atomic E-state index is 13.8. The van der Waals surface area contributed by atoms with Crippen LogP contribution in [0.1, 0.15) is 36.8 Å². The van der Waals surface area contributed by atoms with Gasteiger partial charge in [-0.25, -0.2) is 4.79 Å². The number of guanidine groups is 1. The van der Waals surface area contributed by atoms with E-state index >= 15 is 0 Å². The lowest BCUT2D eigenvalue weighted by Crippen LogP contribution is -2.59. The highest BCUT2D eigenvalue weighted by atomic mass is 32.1. The number of nitrogens with one attached hydrogen (secondary N) is 6. The summed E-state index contributed by atoms with van der Waals surface area (Å²) in [6.07, 6.45) is -0.260. The van der Waals surface area contributed by atoms with Gasteiger partial charge >= 0.3 is 5.97 Å². The first-order valence-electron chi connectivity index (χ1n) is 15.7. The summed E-state index contributed by atoms with van der Waals surface area (Å²) < 4.78 is 0. The SMILES string of the molecule is N=C(N)NCCCC(NC(=O)C(N)Cc1ccccc1)C(=O)NC(Cc1ccc(O)cc1)C(=O)NC(CCC(N)=O)C(=O)NC(CS)C(=O)O. The maximum atomic E-state index is 13.8. The molecule has 0 saturated carbocycles. The van der Waals surface area contributed by atoms with Crippen molar-refractivity contribution in [3.63, 3.8) is 0 Å². The minimum Gasteiger partial charge on any atom is -0.508 e. The molecule has 0 aliphatic rings. The van der Waals surface area contributed by atoms with E-state index in [0.29, 0.717) is 5.56 Å². The second-order valence-corrected chi connectivity index (χ2v) is 11.8. The van der Waals surface area contributed by atoms with E-state index in [-0.39, 0.29) is 62.5 Å². The van der Waals surface area contributed by atoms with Crippen LogP contribution in [0.25, 0.3) is 0 Å². The molecule has 0 spiro atoms. The summed E-state index contributed by atoms with van der Waals surface area (Å²) in [6, 6.07) is 8.36. The number of thiol groups is 1. The summed E-state index contributed by atoms with van der Waals surface area (Å²) in [5.41, 5.74) is 18.1. The van der Waals surface area contributed by atoms with E-state index in [1.165, 1.54) is 24.3 Å². The second kappa shape index (κ2) is 20.9. The standard InChI is InChI=1S/C32H45N9O8S/c33-21(15-18-5-2-1-3-6-18)27(44)38-22(7-4-14-37-32(35)36)28(45)40-24(16-19-8-10-20(42)11-9-19)30(47)39-23(12-13-26(34)43)29(46)41-25(17-50)31(48)49/h1-3,5-6,8-11,21-25,42,50H,4,7,12-17,33H2,(H2,34,43)(H,38,44)(H,39,47)(H,40,45)(H,41,46)(H,48,49)(H4,35,36,37). The Hall–Kier alpha value is -5.36. The van der Waals surface area contributed by atoms with Crippen LogP contribution in [0, 0.1) is 5.41 Å². The lowest BCUT2D eigenvalue weighted by molar-refractivity contribution is -0.141. The molecule has 0 radical (unpaired) electrons. The Bertz CT molecular complexity index is 1480. The first-order chi connectivity index (χ1) is 23.7. The monoisotopic (exact) mass is 715 g/mol. The van der Waals surface area contributed by atoms with Crippen LogP contribution < -0.4 is 43.8 Å². The number of carbonyl (C=O) groups excluding carboxylic acids is 5. The van der Waals surface area contributed by atoms with E-state index in [9.17, 15) is 39.0 Å². The smallest absolute Gasteiger partial charge is 0.327 e. The molecule has 2 aromatic rings. The maximum Gasteiger partial charge on any atom is 0.327 e. The van der Waals surface area contributed by atoms with Gasteiger partial charge in [-0.2, -0.15) is 12.6 Å². The number of benzene rings is 2. The van der Waals surface area contributed by atoms with Crippen LogP contribution >= 0.6 is 12.6 Å². The topological polar surface area (TPSA) is 305 Å². The Labute approximate surface area is 294 Å². The molecule has 0 aliphatic heterocycles. The number of nitrogens with two attached hydrogens (primary N) is 3. The number of amides is 5. The van der Waals surface area contributed by atoms with Gasteiger partial charge in [0.15, 0.2) is 5.96 Å². The molecule has 14 N–H and O–H groups in total. The first kappa shape index (κ1) is 40.8. The Morgan fingerprint density at radius 2 is 1.24 bits per heavy atom. The Balaban J connectivity index is 2.34. The number of phenols is 1. The fourth-order valence-electron chi connectivity index (χ4n) is 4.67. The number of primary amides is 1.